The summed E-state index contributed by atoms with van der Waals surface area (Å²) in [7, 11) is 2.17. The first-order valence-electron chi connectivity index (χ1n) is 12.5. The first-order chi connectivity index (χ1) is 20.5. The van der Waals surface area contributed by atoms with E-state index < -0.39 is 0 Å². The molecular weight excluding hydrogens is 577 g/mol. The van der Waals surface area contributed by atoms with Gasteiger partial charge in [0, 0.05) is 23.5 Å². The number of nitrogens with zero attached hydrogens (tertiary/aromatic N) is 7. The monoisotopic (exact) mass is 606 g/mol. The molecule has 0 amide bonds. The Labute approximate surface area is 275 Å². The van der Waals surface area contributed by atoms with Crippen LogP contribution in [0.1, 0.15) is 29.9 Å². The van der Waals surface area contributed by atoms with Crippen molar-refractivity contribution in [2.24, 2.45) is 0 Å². The van der Waals surface area contributed by atoms with Crippen molar-refractivity contribution in [2.45, 2.75) is 20.5 Å². The summed E-state index contributed by atoms with van der Waals surface area (Å²) in [6, 6.07) is 22.2. The normalized spacial score (nSPS) is 9.82. The van der Waals surface area contributed by atoms with Crippen molar-refractivity contribution in [2.75, 3.05) is 14.2 Å². The molecule has 13 heteroatoms. The Morgan fingerprint density at radius 1 is 0.818 bits per heavy atom. The minimum atomic E-state index is -0.291. The van der Waals surface area contributed by atoms with Crippen LogP contribution in [-0.2, 0) is 17.8 Å². The smallest absolute Gasteiger partial charge is 0.857 e. The molecule has 220 valence electrons. The summed E-state index contributed by atoms with van der Waals surface area (Å²) < 4.78 is 35.5. The van der Waals surface area contributed by atoms with Gasteiger partial charge in [-0.05, 0) is 36.4 Å². The van der Waals surface area contributed by atoms with Crippen LogP contribution in [0, 0.1) is 28.4 Å². The maximum atomic E-state index is 13.8. The average Bonchev–Trinajstić information content (AvgIpc) is 3.58. The summed E-state index contributed by atoms with van der Waals surface area (Å²) in [6.45, 7) is 0.499. The molecule has 0 aliphatic carbocycles. The second-order valence-electron chi connectivity index (χ2n) is 8.59. The molecule has 0 aliphatic rings. The van der Waals surface area contributed by atoms with Crippen molar-refractivity contribution < 1.29 is 48.2 Å². The van der Waals surface area contributed by atoms with E-state index in [2.05, 4.69) is 20.2 Å². The molecular formula is C31H29F2N8NaO2. The number of fused-ring (bicyclic) bond motifs is 2. The van der Waals surface area contributed by atoms with Crippen molar-refractivity contribution in [3.63, 3.8) is 0 Å². The van der Waals surface area contributed by atoms with E-state index in [1.54, 1.807) is 76.4 Å². The van der Waals surface area contributed by atoms with E-state index in [0.717, 1.165) is 7.11 Å². The number of pyridine rings is 2. The number of ether oxygens (including phenoxy) is 1. The number of nitriles is 1. The Hall–Kier alpha value is -4.54. The van der Waals surface area contributed by atoms with Crippen molar-refractivity contribution in [1.82, 2.24) is 29.5 Å². The predicted octanol–water partition coefficient (Wildman–Crippen LogP) is 1.70. The van der Waals surface area contributed by atoms with Crippen LogP contribution < -0.4 is 34.7 Å². The van der Waals surface area contributed by atoms with Crippen molar-refractivity contribution in [1.29, 1.82) is 10.7 Å². The number of benzene rings is 2. The van der Waals surface area contributed by atoms with Crippen molar-refractivity contribution in [3.05, 3.63) is 119 Å². The van der Waals surface area contributed by atoms with Crippen LogP contribution in [0.25, 0.3) is 22.1 Å². The number of halogens is 2. The van der Waals surface area contributed by atoms with Gasteiger partial charge in [0.2, 0.25) is 5.90 Å². The minimum Gasteiger partial charge on any atom is -0.857 e. The van der Waals surface area contributed by atoms with E-state index in [1.165, 1.54) is 19.2 Å². The molecule has 4 aromatic heterocycles. The molecule has 0 spiro atoms. The third-order valence-electron chi connectivity index (χ3n) is 6.10. The molecule has 10 nitrogen and oxygen atoms in total. The van der Waals surface area contributed by atoms with Gasteiger partial charge < -0.3 is 9.84 Å². The van der Waals surface area contributed by atoms with Crippen LogP contribution in [0.3, 0.4) is 0 Å². The molecule has 2 aromatic carbocycles. The third kappa shape index (κ3) is 7.89. The topological polar surface area (TPSA) is 141 Å². The summed E-state index contributed by atoms with van der Waals surface area (Å²) in [6.07, 6.45) is 3.27. The van der Waals surface area contributed by atoms with Gasteiger partial charge in [0.25, 0.3) is 0 Å². The zero-order chi connectivity index (χ0) is 30.1. The molecule has 1 N–H and O–H groups in total. The van der Waals surface area contributed by atoms with Gasteiger partial charge in [-0.25, -0.2) is 28.1 Å². The second-order valence-corrected chi connectivity index (χ2v) is 8.59. The summed E-state index contributed by atoms with van der Waals surface area (Å²) in [5.41, 5.74) is 2.92. The molecule has 0 aliphatic heterocycles. The maximum Gasteiger partial charge on any atom is 1.00 e. The van der Waals surface area contributed by atoms with Gasteiger partial charge in [0.15, 0.2) is 22.7 Å². The summed E-state index contributed by atoms with van der Waals surface area (Å²) in [5, 5.41) is 35.0. The number of rotatable bonds is 5. The number of methoxy groups -OCH3 is 1. The maximum absolute atomic E-state index is 13.8. The number of aromatic nitrogens is 6. The van der Waals surface area contributed by atoms with Gasteiger partial charge in [-0.15, -0.1) is 0 Å². The molecule has 0 bridgehead atoms. The standard InChI is InChI=1S/C15H13FN4O.C14H9FN4.CH3O.CH4.Na/c1-21-14(17)13-11-6-4-8-18-15(11)20(19-13)9-10-5-2-3-7-12(10)16;15-12-6-2-1-4-10(12)9-19-14-11(5-3-7-17-14)13(8-16)18-19;1-2;;/h2-8,17H,9H2,1H3;1-7H,9H2;1H3;1H4;/q;;-1;;+1. The van der Waals surface area contributed by atoms with Crippen LogP contribution in [0.5, 0.6) is 0 Å². The molecule has 4 heterocycles. The fourth-order valence-corrected chi connectivity index (χ4v) is 4.16. The zero-order valence-corrected chi connectivity index (χ0v) is 25.7. The van der Waals surface area contributed by atoms with Crippen LogP contribution >= 0.6 is 0 Å². The Bertz CT molecular complexity index is 1880. The largest absolute Gasteiger partial charge is 1.00 e. The van der Waals surface area contributed by atoms with E-state index in [4.69, 9.17) is 20.5 Å². The number of hydrogen-bond acceptors (Lipinski definition) is 8. The van der Waals surface area contributed by atoms with Gasteiger partial charge in [0.1, 0.15) is 17.7 Å². The van der Waals surface area contributed by atoms with Gasteiger partial charge >= 0.3 is 29.6 Å². The quantitative estimate of drug-likeness (QED) is 0.179. The SMILES string of the molecule is C.COC(=N)c1nn(Cc2ccccc2F)c2ncccc12.C[O-].N#Cc1nn(Cc2ccccc2F)c2ncccc12.[Na+]. The summed E-state index contributed by atoms with van der Waals surface area (Å²) in [5.74, 6) is -0.624. The van der Waals surface area contributed by atoms with Gasteiger partial charge in [-0.1, -0.05) is 43.8 Å². The van der Waals surface area contributed by atoms with Crippen LogP contribution in [-0.4, -0.2) is 49.6 Å². The molecule has 0 radical (unpaired) electrons. The Balaban J connectivity index is 0.000000280. The molecule has 0 fully saturated rings. The van der Waals surface area contributed by atoms with Gasteiger partial charge in [-0.3, -0.25) is 5.41 Å². The fraction of sp³-hybridized carbons (Fsp3) is 0.161. The Morgan fingerprint density at radius 3 is 1.80 bits per heavy atom. The third-order valence-corrected chi connectivity index (χ3v) is 6.10. The molecule has 0 unspecified atom stereocenters. The van der Waals surface area contributed by atoms with Crippen molar-refractivity contribution in [3.8, 4) is 6.07 Å². The second kappa shape index (κ2) is 16.9. The molecule has 6 aromatic rings. The van der Waals surface area contributed by atoms with Crippen LogP contribution in [0.2, 0.25) is 0 Å². The van der Waals surface area contributed by atoms with Crippen LogP contribution in [0.4, 0.5) is 8.78 Å². The molecule has 44 heavy (non-hydrogen) atoms. The fourth-order valence-electron chi connectivity index (χ4n) is 4.16. The number of hydrogen-bond donors (Lipinski definition) is 1. The summed E-state index contributed by atoms with van der Waals surface area (Å²) >= 11 is 0. The molecule has 0 saturated carbocycles. The minimum absolute atomic E-state index is 0. The Morgan fingerprint density at radius 2 is 1.30 bits per heavy atom. The van der Waals surface area contributed by atoms with E-state index >= 15 is 0 Å². The molecule has 6 rings (SSSR count). The van der Waals surface area contributed by atoms with E-state index in [-0.39, 0.29) is 67.6 Å². The average molecular weight is 607 g/mol. The van der Waals surface area contributed by atoms with E-state index in [9.17, 15) is 8.78 Å². The summed E-state index contributed by atoms with van der Waals surface area (Å²) in [4.78, 5) is 8.47. The van der Waals surface area contributed by atoms with Gasteiger partial charge in [-0.2, -0.15) is 22.6 Å². The van der Waals surface area contributed by atoms with E-state index in [0.29, 0.717) is 44.6 Å². The van der Waals surface area contributed by atoms with Crippen molar-refractivity contribution >= 4 is 28.0 Å². The predicted molar refractivity (Wildman–Crippen MR) is 157 cm³/mol. The Kier molecular flexibility index (Phi) is 13.7. The molecule has 0 atom stereocenters. The first kappa shape index (κ1) is 35.7. The van der Waals surface area contributed by atoms with Crippen LogP contribution in [0.15, 0.2) is 85.2 Å². The first-order valence-corrected chi connectivity index (χ1v) is 12.5. The number of nitrogens with one attached hydrogen (secondary N) is 1. The van der Waals surface area contributed by atoms with Gasteiger partial charge in [0.05, 0.1) is 31.0 Å². The molecule has 0 saturated heterocycles. The van der Waals surface area contributed by atoms with E-state index in [1.807, 2.05) is 12.1 Å². The zero-order valence-electron chi connectivity index (χ0n) is 23.7.